The van der Waals surface area contributed by atoms with Crippen molar-refractivity contribution in [2.75, 3.05) is 25.0 Å². The predicted molar refractivity (Wildman–Crippen MR) is 107 cm³/mol. The number of carbonyl (C=O) groups is 1. The molecular formula is C22H24N2O2. The van der Waals surface area contributed by atoms with Gasteiger partial charge in [-0.1, -0.05) is 48.5 Å². The molecule has 0 fully saturated rings. The Labute approximate surface area is 154 Å². The average Bonchev–Trinajstić information content (AvgIpc) is 2.68. The van der Waals surface area contributed by atoms with Crippen molar-refractivity contribution in [1.82, 2.24) is 5.32 Å². The van der Waals surface area contributed by atoms with Crippen LogP contribution >= 0.6 is 0 Å². The van der Waals surface area contributed by atoms with Crippen LogP contribution in [0.25, 0.3) is 10.8 Å². The molecule has 1 amide bonds. The fourth-order valence-corrected chi connectivity index (χ4v) is 2.80. The van der Waals surface area contributed by atoms with E-state index >= 15 is 0 Å². The first-order chi connectivity index (χ1) is 12.6. The zero-order valence-electron chi connectivity index (χ0n) is 15.2. The summed E-state index contributed by atoms with van der Waals surface area (Å²) in [4.78, 5) is 14.4. The molecule has 0 saturated heterocycles. The molecule has 3 aromatic rings. The summed E-state index contributed by atoms with van der Waals surface area (Å²) in [5.41, 5.74) is 1.13. The molecule has 0 aliphatic rings. The van der Waals surface area contributed by atoms with Gasteiger partial charge in [0.2, 0.25) is 0 Å². The molecule has 1 atom stereocenters. The lowest BCUT2D eigenvalue weighted by Crippen LogP contribution is -2.40. The van der Waals surface area contributed by atoms with Gasteiger partial charge in [-0.3, -0.25) is 4.79 Å². The van der Waals surface area contributed by atoms with Crippen LogP contribution in [-0.4, -0.2) is 32.1 Å². The van der Waals surface area contributed by atoms with Crippen LogP contribution in [0.2, 0.25) is 0 Å². The second kappa shape index (κ2) is 8.39. The molecule has 3 rings (SSSR count). The van der Waals surface area contributed by atoms with Gasteiger partial charge in [-0.2, -0.15) is 0 Å². The highest BCUT2D eigenvalue weighted by molar-refractivity contribution is 5.84. The van der Waals surface area contributed by atoms with Crippen molar-refractivity contribution >= 4 is 22.4 Å². The summed E-state index contributed by atoms with van der Waals surface area (Å²) in [6.45, 7) is 3.07. The maximum absolute atomic E-state index is 12.3. The van der Waals surface area contributed by atoms with E-state index < -0.39 is 6.10 Å². The minimum Gasteiger partial charge on any atom is -0.481 e. The van der Waals surface area contributed by atoms with Crippen LogP contribution in [0.4, 0.5) is 5.69 Å². The molecule has 0 aromatic heterocycles. The number of para-hydroxylation sites is 1. The Morgan fingerprint density at radius 1 is 1.00 bits per heavy atom. The molecule has 4 nitrogen and oxygen atoms in total. The van der Waals surface area contributed by atoms with Gasteiger partial charge in [0.1, 0.15) is 5.75 Å². The van der Waals surface area contributed by atoms with Crippen LogP contribution < -0.4 is 15.0 Å². The van der Waals surface area contributed by atoms with Gasteiger partial charge >= 0.3 is 0 Å². The first-order valence-electron chi connectivity index (χ1n) is 8.83. The number of nitrogens with zero attached hydrogens (tertiary/aromatic N) is 1. The Bertz CT molecular complexity index is 864. The van der Waals surface area contributed by atoms with E-state index in [9.17, 15) is 4.79 Å². The molecule has 0 aliphatic carbocycles. The molecule has 1 N–H and O–H groups in total. The van der Waals surface area contributed by atoms with Crippen LogP contribution in [0.3, 0.4) is 0 Å². The van der Waals surface area contributed by atoms with E-state index in [0.29, 0.717) is 12.3 Å². The topological polar surface area (TPSA) is 41.6 Å². The highest BCUT2D eigenvalue weighted by Crippen LogP contribution is 2.21. The third-order valence-electron chi connectivity index (χ3n) is 4.35. The number of amides is 1. The maximum atomic E-state index is 12.3. The van der Waals surface area contributed by atoms with Gasteiger partial charge in [0.25, 0.3) is 5.91 Å². The standard InChI is InChI=1S/C22H24N2O2/c1-17(26-21-13-12-18-8-6-7-9-19(18)16-21)22(25)23-14-15-24(2)20-10-4-3-5-11-20/h3-13,16-17H,14-15H2,1-2H3,(H,23,25)/t17-/m0/s1. The molecule has 26 heavy (non-hydrogen) atoms. The number of fused-ring (bicyclic) bond motifs is 1. The van der Waals surface area contributed by atoms with E-state index in [0.717, 1.165) is 23.0 Å². The summed E-state index contributed by atoms with van der Waals surface area (Å²) < 4.78 is 5.80. The van der Waals surface area contributed by atoms with Gasteiger partial charge in [-0.25, -0.2) is 0 Å². The maximum Gasteiger partial charge on any atom is 0.260 e. The van der Waals surface area contributed by atoms with Crippen molar-refractivity contribution in [2.45, 2.75) is 13.0 Å². The predicted octanol–water partition coefficient (Wildman–Crippen LogP) is 3.86. The molecule has 0 bridgehead atoms. The Kier molecular flexibility index (Phi) is 5.74. The first kappa shape index (κ1) is 17.8. The highest BCUT2D eigenvalue weighted by Gasteiger charge is 2.14. The van der Waals surface area contributed by atoms with Gasteiger partial charge in [-0.15, -0.1) is 0 Å². The quantitative estimate of drug-likeness (QED) is 0.705. The fourth-order valence-electron chi connectivity index (χ4n) is 2.80. The number of likely N-dealkylation sites (N-methyl/N-ethyl adjacent to an activating group) is 1. The molecule has 0 saturated carbocycles. The van der Waals surface area contributed by atoms with E-state index in [1.165, 1.54) is 0 Å². The summed E-state index contributed by atoms with van der Waals surface area (Å²) >= 11 is 0. The van der Waals surface area contributed by atoms with Crippen molar-refractivity contribution in [3.8, 4) is 5.75 Å². The summed E-state index contributed by atoms with van der Waals surface area (Å²) in [6.07, 6.45) is -0.543. The lowest BCUT2D eigenvalue weighted by atomic mass is 10.1. The number of anilines is 1. The number of rotatable bonds is 7. The van der Waals surface area contributed by atoms with Gasteiger partial charge < -0.3 is 15.0 Å². The largest absolute Gasteiger partial charge is 0.481 e. The normalized spacial score (nSPS) is 11.8. The molecule has 0 radical (unpaired) electrons. The monoisotopic (exact) mass is 348 g/mol. The third kappa shape index (κ3) is 4.54. The molecular weight excluding hydrogens is 324 g/mol. The molecule has 0 aliphatic heterocycles. The van der Waals surface area contributed by atoms with E-state index in [-0.39, 0.29) is 5.91 Å². The first-order valence-corrected chi connectivity index (χ1v) is 8.83. The van der Waals surface area contributed by atoms with Crippen LogP contribution in [-0.2, 0) is 4.79 Å². The number of carbonyl (C=O) groups excluding carboxylic acids is 1. The van der Waals surface area contributed by atoms with Gasteiger partial charge in [0.15, 0.2) is 6.10 Å². The van der Waals surface area contributed by atoms with E-state index in [1.807, 2.05) is 73.8 Å². The van der Waals surface area contributed by atoms with Crippen molar-refractivity contribution in [1.29, 1.82) is 0 Å². The molecule has 3 aromatic carbocycles. The number of benzene rings is 3. The smallest absolute Gasteiger partial charge is 0.260 e. The second-order valence-electron chi connectivity index (χ2n) is 6.32. The summed E-state index contributed by atoms with van der Waals surface area (Å²) in [6, 6.07) is 24.0. The molecule has 4 heteroatoms. The zero-order chi connectivity index (χ0) is 18.4. The Morgan fingerprint density at radius 2 is 1.69 bits per heavy atom. The Hall–Kier alpha value is -3.01. The Balaban J connectivity index is 1.49. The highest BCUT2D eigenvalue weighted by atomic mass is 16.5. The number of ether oxygens (including phenoxy) is 1. The summed E-state index contributed by atoms with van der Waals surface area (Å²) in [7, 11) is 2.01. The lowest BCUT2D eigenvalue weighted by Gasteiger charge is -2.20. The van der Waals surface area contributed by atoms with Crippen LogP contribution in [0, 0.1) is 0 Å². The fraction of sp³-hybridized carbons (Fsp3) is 0.227. The average molecular weight is 348 g/mol. The zero-order valence-corrected chi connectivity index (χ0v) is 15.2. The van der Waals surface area contributed by atoms with Gasteiger partial charge in [-0.05, 0) is 42.0 Å². The minimum absolute atomic E-state index is 0.111. The van der Waals surface area contributed by atoms with Crippen molar-refractivity contribution in [2.24, 2.45) is 0 Å². The SMILES string of the molecule is C[C@H](Oc1ccc2ccccc2c1)C(=O)NCCN(C)c1ccccc1. The molecule has 0 unspecified atom stereocenters. The third-order valence-corrected chi connectivity index (χ3v) is 4.35. The number of nitrogens with one attached hydrogen (secondary N) is 1. The molecule has 0 spiro atoms. The van der Waals surface area contributed by atoms with Gasteiger partial charge in [0.05, 0.1) is 0 Å². The second-order valence-corrected chi connectivity index (χ2v) is 6.32. The van der Waals surface area contributed by atoms with E-state index in [1.54, 1.807) is 6.92 Å². The molecule has 134 valence electrons. The van der Waals surface area contributed by atoms with E-state index in [4.69, 9.17) is 4.74 Å². The minimum atomic E-state index is -0.543. The summed E-state index contributed by atoms with van der Waals surface area (Å²) in [5, 5.41) is 5.19. The van der Waals surface area contributed by atoms with Crippen molar-refractivity contribution in [3.63, 3.8) is 0 Å². The lowest BCUT2D eigenvalue weighted by molar-refractivity contribution is -0.127. The molecule has 0 heterocycles. The van der Waals surface area contributed by atoms with Crippen molar-refractivity contribution < 1.29 is 9.53 Å². The van der Waals surface area contributed by atoms with Crippen LogP contribution in [0.1, 0.15) is 6.92 Å². The van der Waals surface area contributed by atoms with E-state index in [2.05, 4.69) is 16.3 Å². The Morgan fingerprint density at radius 3 is 2.46 bits per heavy atom. The number of hydrogen-bond donors (Lipinski definition) is 1. The summed E-state index contributed by atoms with van der Waals surface area (Å²) in [5.74, 6) is 0.590. The van der Waals surface area contributed by atoms with Crippen LogP contribution in [0.5, 0.6) is 5.75 Å². The number of hydrogen-bond acceptors (Lipinski definition) is 3. The van der Waals surface area contributed by atoms with Crippen molar-refractivity contribution in [3.05, 3.63) is 72.8 Å². The van der Waals surface area contributed by atoms with Gasteiger partial charge in [0, 0.05) is 25.8 Å². The van der Waals surface area contributed by atoms with Crippen LogP contribution in [0.15, 0.2) is 72.8 Å².